The van der Waals surface area contributed by atoms with Crippen LogP contribution in [0, 0.1) is 0 Å². The first-order valence-electron chi connectivity index (χ1n) is 6.78. The summed E-state index contributed by atoms with van der Waals surface area (Å²) >= 11 is 0. The molecule has 0 aliphatic carbocycles. The fourth-order valence-corrected chi connectivity index (χ4v) is 2.10. The smallest absolute Gasteiger partial charge is 0.318 e. The summed E-state index contributed by atoms with van der Waals surface area (Å²) in [6.07, 6.45) is 0. The minimum absolute atomic E-state index is 0.621. The molecule has 2 rings (SSSR count). The second-order valence-electron chi connectivity index (χ2n) is 5.14. The molecule has 1 fully saturated rings. The molecule has 108 valence electrons. The first-order chi connectivity index (χ1) is 9.19. The van der Waals surface area contributed by atoms with Crippen LogP contribution in [0.15, 0.2) is 4.42 Å². The molecule has 2 heterocycles. The molecule has 1 N–H and O–H groups in total. The van der Waals surface area contributed by atoms with Crippen LogP contribution in [0.5, 0.6) is 0 Å². The number of nitrogens with one attached hydrogen (secondary N) is 1. The van der Waals surface area contributed by atoms with Crippen molar-refractivity contribution in [2.45, 2.75) is 6.54 Å². The van der Waals surface area contributed by atoms with Gasteiger partial charge in [0, 0.05) is 39.3 Å². The fourth-order valence-electron chi connectivity index (χ4n) is 2.10. The summed E-state index contributed by atoms with van der Waals surface area (Å²) in [5.41, 5.74) is 0. The van der Waals surface area contributed by atoms with Crippen molar-refractivity contribution in [3.63, 3.8) is 0 Å². The number of rotatable bonds is 6. The van der Waals surface area contributed by atoms with E-state index in [1.165, 1.54) is 0 Å². The van der Waals surface area contributed by atoms with Crippen LogP contribution in [-0.2, 0) is 6.54 Å². The molecule has 7 heteroatoms. The molecule has 19 heavy (non-hydrogen) atoms. The summed E-state index contributed by atoms with van der Waals surface area (Å²) in [5, 5.41) is 11.1. The molecule has 0 aromatic carbocycles. The van der Waals surface area contributed by atoms with Gasteiger partial charge in [-0.15, -0.1) is 5.10 Å². The summed E-state index contributed by atoms with van der Waals surface area (Å²) in [4.78, 5) is 6.86. The Kier molecular flexibility index (Phi) is 5.12. The second-order valence-corrected chi connectivity index (χ2v) is 5.14. The first-order valence-corrected chi connectivity index (χ1v) is 6.78. The van der Waals surface area contributed by atoms with Crippen molar-refractivity contribution in [2.24, 2.45) is 0 Å². The maximum Gasteiger partial charge on any atom is 0.318 e. The zero-order valence-electron chi connectivity index (χ0n) is 12.1. The maximum atomic E-state index is 5.61. The summed E-state index contributed by atoms with van der Waals surface area (Å²) < 4.78 is 5.61. The van der Waals surface area contributed by atoms with Gasteiger partial charge in [0.25, 0.3) is 0 Å². The maximum absolute atomic E-state index is 5.61. The number of aromatic nitrogens is 2. The Balaban J connectivity index is 1.78. The van der Waals surface area contributed by atoms with Gasteiger partial charge in [0.15, 0.2) is 0 Å². The number of likely N-dealkylation sites (N-methyl/N-ethyl adjacent to an activating group) is 1. The highest BCUT2D eigenvalue weighted by molar-refractivity contribution is 5.25. The summed E-state index contributed by atoms with van der Waals surface area (Å²) in [6, 6.07) is 0.650. The first kappa shape index (κ1) is 14.2. The number of anilines is 1. The van der Waals surface area contributed by atoms with E-state index in [1.54, 1.807) is 0 Å². The van der Waals surface area contributed by atoms with Gasteiger partial charge >= 0.3 is 6.01 Å². The predicted octanol–water partition coefficient (Wildman–Crippen LogP) is -0.527. The molecule has 0 atom stereocenters. The largest absolute Gasteiger partial charge is 0.407 e. The Labute approximate surface area is 114 Å². The molecule has 1 aliphatic rings. The van der Waals surface area contributed by atoms with E-state index < -0.39 is 0 Å². The van der Waals surface area contributed by atoms with Crippen LogP contribution in [0.2, 0.25) is 0 Å². The molecule has 7 nitrogen and oxygen atoms in total. The van der Waals surface area contributed by atoms with Crippen LogP contribution in [-0.4, -0.2) is 80.4 Å². The van der Waals surface area contributed by atoms with Crippen molar-refractivity contribution >= 4 is 6.01 Å². The Bertz CT molecular complexity index is 372. The molecule has 0 amide bonds. The molecule has 0 saturated carbocycles. The third-order valence-corrected chi connectivity index (χ3v) is 3.29. The van der Waals surface area contributed by atoms with Gasteiger partial charge in [0.05, 0.1) is 6.54 Å². The summed E-state index contributed by atoms with van der Waals surface area (Å²) in [6.45, 7) is 6.86. The predicted molar refractivity (Wildman–Crippen MR) is 74.3 cm³/mol. The fraction of sp³-hybridized carbons (Fsp3) is 0.833. The lowest BCUT2D eigenvalue weighted by atomic mass is 10.3. The standard InChI is InChI=1S/C12H24N6O/c1-13-10-11-14-15-12(19-11)18-8-6-17(7-9-18)5-4-16(2)3/h13H,4-10H2,1-3H3. The highest BCUT2D eigenvalue weighted by atomic mass is 16.4. The number of hydrogen-bond donors (Lipinski definition) is 1. The lowest BCUT2D eigenvalue weighted by molar-refractivity contribution is 0.226. The van der Waals surface area contributed by atoms with Crippen LogP contribution < -0.4 is 10.2 Å². The van der Waals surface area contributed by atoms with Crippen LogP contribution >= 0.6 is 0 Å². The van der Waals surface area contributed by atoms with Gasteiger partial charge in [0.2, 0.25) is 5.89 Å². The Hall–Kier alpha value is -1.18. The van der Waals surface area contributed by atoms with Gasteiger partial charge < -0.3 is 19.5 Å². The highest BCUT2D eigenvalue weighted by Crippen LogP contribution is 2.14. The quantitative estimate of drug-likeness (QED) is 0.744. The Morgan fingerprint density at radius 2 is 1.95 bits per heavy atom. The molecule has 0 radical (unpaired) electrons. The normalized spacial score (nSPS) is 17.4. The number of hydrogen-bond acceptors (Lipinski definition) is 7. The van der Waals surface area contributed by atoms with Crippen molar-refractivity contribution in [2.75, 3.05) is 65.3 Å². The molecule has 1 saturated heterocycles. The van der Waals surface area contributed by atoms with Crippen LogP contribution in [0.1, 0.15) is 5.89 Å². The van der Waals surface area contributed by atoms with Crippen molar-refractivity contribution in [3.8, 4) is 0 Å². The molecule has 1 aromatic rings. The van der Waals surface area contributed by atoms with Gasteiger partial charge in [-0.1, -0.05) is 5.10 Å². The van der Waals surface area contributed by atoms with Gasteiger partial charge in [-0.3, -0.25) is 4.90 Å². The zero-order valence-corrected chi connectivity index (χ0v) is 12.1. The van der Waals surface area contributed by atoms with Gasteiger partial charge in [-0.25, -0.2) is 0 Å². The molecular formula is C12H24N6O. The summed E-state index contributed by atoms with van der Waals surface area (Å²) in [5.74, 6) is 0.646. The van der Waals surface area contributed by atoms with Gasteiger partial charge in [0.1, 0.15) is 0 Å². The van der Waals surface area contributed by atoms with E-state index >= 15 is 0 Å². The minimum Gasteiger partial charge on any atom is -0.407 e. The van der Waals surface area contributed by atoms with Crippen LogP contribution in [0.25, 0.3) is 0 Å². The average molecular weight is 268 g/mol. The highest BCUT2D eigenvalue weighted by Gasteiger charge is 2.20. The lowest BCUT2D eigenvalue weighted by Gasteiger charge is -2.34. The van der Waals surface area contributed by atoms with E-state index in [2.05, 4.69) is 44.3 Å². The number of piperazine rings is 1. The van der Waals surface area contributed by atoms with E-state index in [4.69, 9.17) is 4.42 Å². The van der Waals surface area contributed by atoms with Gasteiger partial charge in [-0.2, -0.15) is 0 Å². The van der Waals surface area contributed by atoms with E-state index in [-0.39, 0.29) is 0 Å². The van der Waals surface area contributed by atoms with Crippen molar-refractivity contribution < 1.29 is 4.42 Å². The van der Waals surface area contributed by atoms with E-state index in [1.807, 2.05) is 7.05 Å². The van der Waals surface area contributed by atoms with Crippen molar-refractivity contribution in [3.05, 3.63) is 5.89 Å². The molecular weight excluding hydrogens is 244 g/mol. The lowest BCUT2D eigenvalue weighted by Crippen LogP contribution is -2.48. The second kappa shape index (κ2) is 6.83. The van der Waals surface area contributed by atoms with E-state index in [0.29, 0.717) is 18.5 Å². The third kappa shape index (κ3) is 4.15. The Morgan fingerprint density at radius 3 is 2.58 bits per heavy atom. The molecule has 1 aliphatic heterocycles. The summed E-state index contributed by atoms with van der Waals surface area (Å²) in [7, 11) is 6.09. The third-order valence-electron chi connectivity index (χ3n) is 3.29. The molecule has 0 bridgehead atoms. The van der Waals surface area contributed by atoms with Gasteiger partial charge in [-0.05, 0) is 21.1 Å². The molecule has 0 unspecified atom stereocenters. The van der Waals surface area contributed by atoms with E-state index in [9.17, 15) is 0 Å². The topological polar surface area (TPSA) is 60.7 Å². The van der Waals surface area contributed by atoms with Crippen LogP contribution in [0.3, 0.4) is 0 Å². The molecule has 1 aromatic heterocycles. The zero-order chi connectivity index (χ0) is 13.7. The molecule has 0 spiro atoms. The monoisotopic (exact) mass is 268 g/mol. The average Bonchev–Trinajstić information content (AvgIpc) is 2.86. The Morgan fingerprint density at radius 1 is 1.21 bits per heavy atom. The van der Waals surface area contributed by atoms with Crippen LogP contribution in [0.4, 0.5) is 6.01 Å². The SMILES string of the molecule is CNCc1nnc(N2CCN(CCN(C)C)CC2)o1. The van der Waals surface area contributed by atoms with Crippen molar-refractivity contribution in [1.29, 1.82) is 0 Å². The van der Waals surface area contributed by atoms with Crippen molar-refractivity contribution in [1.82, 2.24) is 25.3 Å². The number of nitrogens with zero attached hydrogens (tertiary/aromatic N) is 5. The van der Waals surface area contributed by atoms with E-state index in [0.717, 1.165) is 39.3 Å². The minimum atomic E-state index is 0.621.